The molecule has 1 aromatic heterocycles. The van der Waals surface area contributed by atoms with Gasteiger partial charge < -0.3 is 10.6 Å². The maximum Gasteiger partial charge on any atom is 0.160 e. The molecular weight excluding hydrogens is 395 g/mol. The number of hydrogen-bond acceptors (Lipinski definition) is 6. The van der Waals surface area contributed by atoms with Crippen molar-refractivity contribution in [2.45, 2.75) is 52.7 Å². The van der Waals surface area contributed by atoms with Crippen LogP contribution < -0.4 is 10.6 Å². The highest BCUT2D eigenvalue weighted by Gasteiger charge is 2.32. The highest BCUT2D eigenvalue weighted by molar-refractivity contribution is 6.03. The van der Waals surface area contributed by atoms with Gasteiger partial charge in [-0.25, -0.2) is 4.39 Å². The standard InChI is InChI=1S/C22H31FN8/c1-14(2)8-17-9-19(23)21(22(24)28-29-25)20(10-17)30-11-15(3)31(16(4)12-30)13-18-6-5-7-26-27-18/h5-7,9-10,14-16H,8,11-13H2,1-4H3,(H3,24,25,28). The van der Waals surface area contributed by atoms with Gasteiger partial charge in [0.25, 0.3) is 0 Å². The summed E-state index contributed by atoms with van der Waals surface area (Å²) >= 11 is 0. The first kappa shape index (κ1) is 22.7. The average molecular weight is 427 g/mol. The van der Waals surface area contributed by atoms with Crippen LogP contribution in [0, 0.1) is 17.3 Å². The molecule has 0 bridgehead atoms. The molecule has 3 N–H and O–H groups in total. The molecule has 0 radical (unpaired) electrons. The minimum atomic E-state index is -0.430. The van der Waals surface area contributed by atoms with E-state index in [2.05, 4.69) is 58.0 Å². The van der Waals surface area contributed by atoms with Crippen molar-refractivity contribution in [1.29, 1.82) is 5.53 Å². The summed E-state index contributed by atoms with van der Waals surface area (Å²) < 4.78 is 15.1. The monoisotopic (exact) mass is 426 g/mol. The quantitative estimate of drug-likeness (QED) is 0.305. The Bertz CT molecular complexity index is 919. The fourth-order valence-corrected chi connectivity index (χ4v) is 4.31. The van der Waals surface area contributed by atoms with E-state index < -0.39 is 5.82 Å². The van der Waals surface area contributed by atoms with E-state index in [-0.39, 0.29) is 23.5 Å². The predicted molar refractivity (Wildman–Crippen MR) is 120 cm³/mol. The largest absolute Gasteiger partial charge is 0.382 e. The van der Waals surface area contributed by atoms with E-state index in [0.29, 0.717) is 31.2 Å². The van der Waals surface area contributed by atoms with Gasteiger partial charge in [-0.3, -0.25) is 4.90 Å². The molecule has 2 aromatic rings. The molecule has 1 saturated heterocycles. The Balaban J connectivity index is 1.93. The lowest BCUT2D eigenvalue weighted by Crippen LogP contribution is -2.56. The Morgan fingerprint density at radius 2 is 2.00 bits per heavy atom. The van der Waals surface area contributed by atoms with Gasteiger partial charge in [0, 0.05) is 37.9 Å². The molecule has 1 aliphatic rings. The zero-order valence-electron chi connectivity index (χ0n) is 18.6. The molecule has 2 atom stereocenters. The van der Waals surface area contributed by atoms with E-state index in [9.17, 15) is 0 Å². The van der Waals surface area contributed by atoms with Crippen molar-refractivity contribution in [3.05, 3.63) is 53.1 Å². The van der Waals surface area contributed by atoms with Gasteiger partial charge >= 0.3 is 0 Å². The third-order valence-corrected chi connectivity index (χ3v) is 5.60. The van der Waals surface area contributed by atoms with E-state index in [1.165, 1.54) is 6.07 Å². The molecule has 0 aliphatic carbocycles. The van der Waals surface area contributed by atoms with Crippen LogP contribution in [0.3, 0.4) is 0 Å². The van der Waals surface area contributed by atoms with E-state index >= 15 is 4.39 Å². The van der Waals surface area contributed by atoms with Gasteiger partial charge in [0.2, 0.25) is 0 Å². The molecule has 0 saturated carbocycles. The molecule has 8 nitrogen and oxygen atoms in total. The highest BCUT2D eigenvalue weighted by Crippen LogP contribution is 2.30. The fourth-order valence-electron chi connectivity index (χ4n) is 4.31. The Kier molecular flexibility index (Phi) is 7.27. The number of nitrogens with zero attached hydrogens (tertiary/aromatic N) is 6. The molecular formula is C22H31FN8. The Labute approximate surface area is 182 Å². The number of amidine groups is 1. The summed E-state index contributed by atoms with van der Waals surface area (Å²) in [7, 11) is 0. The van der Waals surface area contributed by atoms with Crippen LogP contribution in [-0.2, 0) is 13.0 Å². The first-order valence-electron chi connectivity index (χ1n) is 10.6. The first-order chi connectivity index (χ1) is 14.8. The van der Waals surface area contributed by atoms with Crippen LogP contribution in [0.15, 0.2) is 40.8 Å². The smallest absolute Gasteiger partial charge is 0.160 e. The van der Waals surface area contributed by atoms with E-state index in [4.69, 9.17) is 11.3 Å². The Hall–Kier alpha value is -2.94. The van der Waals surface area contributed by atoms with Crippen LogP contribution in [0.4, 0.5) is 10.1 Å². The summed E-state index contributed by atoms with van der Waals surface area (Å²) in [6.07, 6.45) is 2.44. The molecule has 0 amide bonds. The molecule has 1 aromatic carbocycles. The third-order valence-electron chi connectivity index (χ3n) is 5.60. The second-order valence-electron chi connectivity index (χ2n) is 8.65. The lowest BCUT2D eigenvalue weighted by Gasteiger charge is -2.45. The van der Waals surface area contributed by atoms with Crippen LogP contribution in [-0.4, -0.2) is 46.1 Å². The fraction of sp³-hybridized carbons (Fsp3) is 0.500. The van der Waals surface area contributed by atoms with Crippen molar-refractivity contribution in [3.8, 4) is 0 Å². The van der Waals surface area contributed by atoms with Crippen molar-refractivity contribution in [1.82, 2.24) is 15.1 Å². The molecule has 0 spiro atoms. The van der Waals surface area contributed by atoms with Gasteiger partial charge in [0.15, 0.2) is 5.84 Å². The summed E-state index contributed by atoms with van der Waals surface area (Å²) in [4.78, 5) is 4.54. The van der Waals surface area contributed by atoms with Crippen LogP contribution >= 0.6 is 0 Å². The predicted octanol–water partition coefficient (Wildman–Crippen LogP) is 3.56. The Morgan fingerprint density at radius 1 is 1.29 bits per heavy atom. The van der Waals surface area contributed by atoms with E-state index in [1.807, 2.05) is 18.2 Å². The van der Waals surface area contributed by atoms with Gasteiger partial charge in [-0.15, -0.1) is 5.10 Å². The Morgan fingerprint density at radius 3 is 2.58 bits per heavy atom. The molecule has 3 rings (SSSR count). The number of anilines is 1. The molecule has 9 heteroatoms. The number of piperazine rings is 1. The third kappa shape index (κ3) is 5.41. The number of rotatable bonds is 7. The zero-order chi connectivity index (χ0) is 22.5. The van der Waals surface area contributed by atoms with Crippen molar-refractivity contribution >= 4 is 11.5 Å². The van der Waals surface area contributed by atoms with Crippen LogP contribution in [0.2, 0.25) is 0 Å². The van der Waals surface area contributed by atoms with Gasteiger partial charge in [-0.05, 0) is 56.0 Å². The van der Waals surface area contributed by atoms with E-state index in [0.717, 1.165) is 17.7 Å². The van der Waals surface area contributed by atoms with Gasteiger partial charge in [0.05, 0.1) is 16.9 Å². The molecule has 166 valence electrons. The van der Waals surface area contributed by atoms with Gasteiger partial charge in [-0.2, -0.15) is 15.7 Å². The van der Waals surface area contributed by atoms with Gasteiger partial charge in [0.1, 0.15) is 5.82 Å². The van der Waals surface area contributed by atoms with Crippen LogP contribution in [0.25, 0.3) is 0 Å². The first-order valence-corrected chi connectivity index (χ1v) is 10.6. The zero-order valence-corrected chi connectivity index (χ0v) is 18.6. The lowest BCUT2D eigenvalue weighted by molar-refractivity contribution is 0.121. The van der Waals surface area contributed by atoms with Gasteiger partial charge in [-0.1, -0.05) is 19.1 Å². The molecule has 31 heavy (non-hydrogen) atoms. The van der Waals surface area contributed by atoms with Crippen LogP contribution in [0.5, 0.6) is 0 Å². The minimum absolute atomic E-state index is 0.0825. The maximum absolute atomic E-state index is 15.1. The number of hydrogen-bond donors (Lipinski definition) is 2. The van der Waals surface area contributed by atoms with Crippen molar-refractivity contribution < 1.29 is 4.39 Å². The summed E-state index contributed by atoms with van der Waals surface area (Å²) in [5.74, 6) is -0.115. The minimum Gasteiger partial charge on any atom is -0.382 e. The van der Waals surface area contributed by atoms with Crippen LogP contribution in [0.1, 0.15) is 44.5 Å². The average Bonchev–Trinajstić information content (AvgIpc) is 2.70. The topological polar surface area (TPSA) is 107 Å². The summed E-state index contributed by atoms with van der Waals surface area (Å²) in [6.45, 7) is 10.6. The number of benzene rings is 1. The summed E-state index contributed by atoms with van der Waals surface area (Å²) in [5.41, 5.74) is 15.8. The number of nitrogens with two attached hydrogens (primary N) is 1. The molecule has 1 fully saturated rings. The summed E-state index contributed by atoms with van der Waals surface area (Å²) in [5, 5.41) is 14.8. The lowest BCUT2D eigenvalue weighted by atomic mass is 9.97. The SMILES string of the molecule is CC(C)Cc1cc(F)c(C(N)=NN=N)c(N2CC(C)N(Cc3cccnn3)C(C)C2)c1. The number of nitrogens with one attached hydrogen (secondary N) is 1. The number of halogens is 1. The van der Waals surface area contributed by atoms with Crippen molar-refractivity contribution in [2.75, 3.05) is 18.0 Å². The second kappa shape index (κ2) is 9.91. The molecule has 1 aliphatic heterocycles. The molecule has 2 unspecified atom stereocenters. The molecule has 2 heterocycles. The van der Waals surface area contributed by atoms with E-state index in [1.54, 1.807) is 6.20 Å². The maximum atomic E-state index is 15.1. The highest BCUT2D eigenvalue weighted by atomic mass is 19.1. The van der Waals surface area contributed by atoms with Crippen molar-refractivity contribution in [3.63, 3.8) is 0 Å². The second-order valence-corrected chi connectivity index (χ2v) is 8.65. The normalized spacial score (nSPS) is 20.3. The summed E-state index contributed by atoms with van der Waals surface area (Å²) in [6, 6.07) is 7.79. The van der Waals surface area contributed by atoms with Crippen molar-refractivity contribution in [2.24, 2.45) is 22.0 Å². The number of aromatic nitrogens is 2.